The van der Waals surface area contributed by atoms with Crippen molar-refractivity contribution in [3.63, 3.8) is 0 Å². The number of rotatable bonds is 10. The lowest BCUT2D eigenvalue weighted by Gasteiger charge is -2.15. The zero-order chi connectivity index (χ0) is 25.6. The third-order valence-electron chi connectivity index (χ3n) is 3.43. The van der Waals surface area contributed by atoms with E-state index < -0.39 is 36.2 Å². The highest BCUT2D eigenvalue weighted by molar-refractivity contribution is 8.76. The van der Waals surface area contributed by atoms with E-state index in [1.165, 1.54) is 21.6 Å². The highest BCUT2D eigenvalue weighted by atomic mass is 33.1. The van der Waals surface area contributed by atoms with Crippen molar-refractivity contribution in [1.29, 1.82) is 0 Å². The summed E-state index contributed by atoms with van der Waals surface area (Å²) in [7, 11) is 2.77. The van der Waals surface area contributed by atoms with E-state index >= 15 is 0 Å². The van der Waals surface area contributed by atoms with E-state index in [2.05, 4.69) is 16.0 Å². The second-order valence-corrected chi connectivity index (χ2v) is 8.96. The molecule has 0 aliphatic rings. The van der Waals surface area contributed by atoms with Crippen LogP contribution in [0.25, 0.3) is 0 Å². The number of carboxylic acid groups (broad SMARTS) is 2. The van der Waals surface area contributed by atoms with E-state index in [1.807, 2.05) is 19.1 Å². The summed E-state index contributed by atoms with van der Waals surface area (Å²) in [5.74, 6) is -3.18. The highest BCUT2D eigenvalue weighted by Gasteiger charge is 2.38. The molecule has 7 N–H and O–H groups in total. The molecule has 0 aromatic heterocycles. The van der Waals surface area contributed by atoms with E-state index in [4.69, 9.17) is 20.7 Å². The first-order valence-electron chi connectivity index (χ1n) is 9.18. The van der Waals surface area contributed by atoms with Crippen LogP contribution in [0.1, 0.15) is 12.5 Å². The number of amides is 3. The topological polar surface area (TPSA) is 171 Å². The SMILES string of the molecule is Cc1ccc(NC(=O)NC(C)C(=O)NCCSSC[C@H](N)C(=O)O)cc1.O=C(O)C(F)(F)F. The summed E-state index contributed by atoms with van der Waals surface area (Å²) in [5, 5.41) is 23.7. The fourth-order valence-corrected chi connectivity index (χ4v) is 3.71. The molecule has 0 aliphatic heterocycles. The van der Waals surface area contributed by atoms with Gasteiger partial charge in [-0.2, -0.15) is 13.2 Å². The van der Waals surface area contributed by atoms with E-state index in [0.29, 0.717) is 23.7 Å². The first kappa shape index (κ1) is 30.4. The Morgan fingerprint density at radius 3 is 2.12 bits per heavy atom. The highest BCUT2D eigenvalue weighted by Crippen LogP contribution is 2.20. The van der Waals surface area contributed by atoms with Crippen LogP contribution >= 0.6 is 21.6 Å². The summed E-state index contributed by atoms with van der Waals surface area (Å²) in [5.41, 5.74) is 7.11. The number of hydrogen-bond donors (Lipinski definition) is 6. The number of aliphatic carboxylic acids is 2. The number of carboxylic acids is 2. The Labute approximate surface area is 195 Å². The second kappa shape index (κ2) is 15.2. The van der Waals surface area contributed by atoms with E-state index in [9.17, 15) is 27.6 Å². The van der Waals surface area contributed by atoms with Gasteiger partial charge in [-0.1, -0.05) is 39.3 Å². The molecule has 0 saturated carbocycles. The third-order valence-corrected chi connectivity index (χ3v) is 5.87. The van der Waals surface area contributed by atoms with Crippen LogP contribution in [0.5, 0.6) is 0 Å². The molecule has 0 heterocycles. The van der Waals surface area contributed by atoms with Crippen LogP contribution in [-0.4, -0.2) is 70.4 Å². The Balaban J connectivity index is 0.00000126. The van der Waals surface area contributed by atoms with Crippen LogP contribution in [-0.2, 0) is 14.4 Å². The molecule has 0 saturated heterocycles. The number of carbonyl (C=O) groups is 4. The Bertz CT molecular complexity index is 796. The summed E-state index contributed by atoms with van der Waals surface area (Å²) in [6, 6.07) is 5.30. The molecule has 1 aromatic carbocycles. The van der Waals surface area contributed by atoms with Crippen molar-refractivity contribution in [2.24, 2.45) is 5.73 Å². The van der Waals surface area contributed by atoms with Crippen molar-refractivity contribution in [1.82, 2.24) is 10.6 Å². The van der Waals surface area contributed by atoms with Crippen molar-refractivity contribution in [3.05, 3.63) is 29.8 Å². The van der Waals surface area contributed by atoms with Gasteiger partial charge < -0.3 is 31.9 Å². The molecule has 10 nitrogen and oxygen atoms in total. The van der Waals surface area contributed by atoms with Gasteiger partial charge in [0.15, 0.2) is 0 Å². The largest absolute Gasteiger partial charge is 0.490 e. The Hall–Kier alpha value is -2.65. The standard InChI is InChI=1S/C16H24N4O4S2.C2HF3O2/c1-10-3-5-12(6-4-10)20-16(24)19-11(2)14(21)18-7-8-25-26-9-13(17)15(22)23;3-2(4,5)1(6)7/h3-6,11,13H,7-9,17H2,1-2H3,(H,18,21)(H,22,23)(H2,19,20,24);(H,6,7)/t11?,13-;/m0./s1. The molecule has 1 aromatic rings. The molecule has 0 fully saturated rings. The fourth-order valence-electron chi connectivity index (χ4n) is 1.69. The molecule has 15 heteroatoms. The molecule has 1 unspecified atom stereocenters. The number of nitrogens with two attached hydrogens (primary N) is 1. The maximum atomic E-state index is 11.9. The summed E-state index contributed by atoms with van der Waals surface area (Å²) in [4.78, 5) is 43.3. The molecule has 1 rings (SSSR count). The van der Waals surface area contributed by atoms with E-state index in [0.717, 1.165) is 5.56 Å². The molecule has 2 atom stereocenters. The van der Waals surface area contributed by atoms with Crippen LogP contribution in [0.3, 0.4) is 0 Å². The lowest BCUT2D eigenvalue weighted by molar-refractivity contribution is -0.192. The predicted octanol–water partition coefficient (Wildman–Crippen LogP) is 2.05. The first-order chi connectivity index (χ1) is 15.2. The van der Waals surface area contributed by atoms with Gasteiger partial charge in [0.1, 0.15) is 12.1 Å². The van der Waals surface area contributed by atoms with Crippen LogP contribution in [0.4, 0.5) is 23.7 Å². The zero-order valence-electron chi connectivity index (χ0n) is 17.6. The number of aryl methyl sites for hydroxylation is 1. The number of hydrogen-bond acceptors (Lipinski definition) is 7. The number of anilines is 1. The van der Waals surface area contributed by atoms with Gasteiger partial charge in [0, 0.05) is 23.7 Å². The van der Waals surface area contributed by atoms with Gasteiger partial charge >= 0.3 is 24.1 Å². The fraction of sp³-hybridized carbons (Fsp3) is 0.444. The third kappa shape index (κ3) is 14.9. The molecule has 33 heavy (non-hydrogen) atoms. The monoisotopic (exact) mass is 514 g/mol. The van der Waals surface area contributed by atoms with E-state index in [1.54, 1.807) is 19.1 Å². The molecular weight excluding hydrogens is 489 g/mol. The second-order valence-electron chi connectivity index (χ2n) is 6.33. The van der Waals surface area contributed by atoms with Gasteiger partial charge in [0.25, 0.3) is 0 Å². The van der Waals surface area contributed by atoms with Gasteiger partial charge in [-0.3, -0.25) is 9.59 Å². The normalized spacial score (nSPS) is 12.4. The average molecular weight is 515 g/mol. The minimum absolute atomic E-state index is 0.295. The molecule has 0 spiro atoms. The number of alkyl halides is 3. The number of carbonyl (C=O) groups excluding carboxylic acids is 2. The maximum absolute atomic E-state index is 11.9. The molecule has 0 bridgehead atoms. The Kier molecular flexibility index (Phi) is 14.0. The quantitative estimate of drug-likeness (QED) is 0.202. The van der Waals surface area contributed by atoms with Gasteiger partial charge in [-0.05, 0) is 26.0 Å². The number of urea groups is 1. The lowest BCUT2D eigenvalue weighted by atomic mass is 10.2. The van der Waals surface area contributed by atoms with Crippen molar-refractivity contribution in [3.8, 4) is 0 Å². The maximum Gasteiger partial charge on any atom is 0.490 e. The van der Waals surface area contributed by atoms with Crippen molar-refractivity contribution in [2.45, 2.75) is 32.1 Å². The van der Waals surface area contributed by atoms with Crippen LogP contribution in [0.2, 0.25) is 0 Å². The minimum Gasteiger partial charge on any atom is -0.480 e. The van der Waals surface area contributed by atoms with Crippen molar-refractivity contribution >= 4 is 51.2 Å². The molecule has 0 radical (unpaired) electrons. The van der Waals surface area contributed by atoms with Crippen LogP contribution in [0.15, 0.2) is 24.3 Å². The molecule has 186 valence electrons. The summed E-state index contributed by atoms with van der Waals surface area (Å²) >= 11 is 0. The van der Waals surface area contributed by atoms with Crippen LogP contribution in [0, 0.1) is 6.92 Å². The molecule has 3 amide bonds. The van der Waals surface area contributed by atoms with Crippen molar-refractivity contribution in [2.75, 3.05) is 23.4 Å². The van der Waals surface area contributed by atoms with Crippen molar-refractivity contribution < 1.29 is 42.6 Å². The number of benzene rings is 1. The molecular formula is C18H25F3N4O6S2. The number of nitrogens with one attached hydrogen (secondary N) is 3. The van der Waals surface area contributed by atoms with Gasteiger partial charge in [0.2, 0.25) is 5.91 Å². The van der Waals surface area contributed by atoms with Crippen LogP contribution < -0.4 is 21.7 Å². The summed E-state index contributed by atoms with van der Waals surface area (Å²) in [6.07, 6.45) is -5.08. The van der Waals surface area contributed by atoms with Gasteiger partial charge in [-0.25, -0.2) is 9.59 Å². The summed E-state index contributed by atoms with van der Waals surface area (Å²) < 4.78 is 31.7. The minimum atomic E-state index is -5.08. The van der Waals surface area contributed by atoms with Gasteiger partial charge in [-0.15, -0.1) is 0 Å². The van der Waals surface area contributed by atoms with E-state index in [-0.39, 0.29) is 5.91 Å². The smallest absolute Gasteiger partial charge is 0.480 e. The summed E-state index contributed by atoms with van der Waals surface area (Å²) in [6.45, 7) is 3.95. The predicted molar refractivity (Wildman–Crippen MR) is 120 cm³/mol. The lowest BCUT2D eigenvalue weighted by Crippen LogP contribution is -2.46. The number of halogens is 3. The average Bonchev–Trinajstić information content (AvgIpc) is 2.71. The molecule has 0 aliphatic carbocycles. The Morgan fingerprint density at radius 1 is 1.09 bits per heavy atom. The zero-order valence-corrected chi connectivity index (χ0v) is 19.3. The Morgan fingerprint density at radius 2 is 1.64 bits per heavy atom. The first-order valence-corrected chi connectivity index (χ1v) is 11.7. The van der Waals surface area contributed by atoms with Gasteiger partial charge in [0.05, 0.1) is 0 Å².